The van der Waals surface area contributed by atoms with Crippen molar-refractivity contribution in [2.24, 2.45) is 7.05 Å². The second kappa shape index (κ2) is 15.7. The highest BCUT2D eigenvalue weighted by molar-refractivity contribution is 5.97. The van der Waals surface area contributed by atoms with Crippen LogP contribution in [0.3, 0.4) is 0 Å². The fourth-order valence-corrected chi connectivity index (χ4v) is 5.57. The van der Waals surface area contributed by atoms with Gasteiger partial charge in [-0.1, -0.05) is 36.4 Å². The number of carbonyl (C=O) groups is 2. The van der Waals surface area contributed by atoms with Gasteiger partial charge in [-0.25, -0.2) is 23.4 Å². The fraction of sp³-hybridized carbons (Fsp3) is 0.289. The molecule has 9 nitrogen and oxygen atoms in total. The van der Waals surface area contributed by atoms with E-state index in [4.69, 9.17) is 4.98 Å². The average molecular weight is 667 g/mol. The number of hydrogen-bond acceptors (Lipinski definition) is 6. The number of ketones is 1. The van der Waals surface area contributed by atoms with E-state index in [1.807, 2.05) is 68.7 Å². The van der Waals surface area contributed by atoms with Crippen molar-refractivity contribution < 1.29 is 18.4 Å². The van der Waals surface area contributed by atoms with Crippen LogP contribution in [0.4, 0.5) is 8.78 Å². The Kier molecular flexibility index (Phi) is 11.3. The lowest BCUT2D eigenvalue weighted by atomic mass is 10.1. The molecule has 254 valence electrons. The number of carbonyl (C=O) groups excluding carboxylic acids is 2. The second-order valence-electron chi connectivity index (χ2n) is 12.4. The molecular weight excluding hydrogens is 626 g/mol. The van der Waals surface area contributed by atoms with Gasteiger partial charge in [-0.15, -0.1) is 0 Å². The molecule has 0 atom stereocenters. The van der Waals surface area contributed by atoms with Crippen LogP contribution < -0.4 is 10.9 Å². The Balaban J connectivity index is 1.15. The lowest BCUT2D eigenvalue weighted by Crippen LogP contribution is -2.27. The highest BCUT2D eigenvalue weighted by atomic mass is 19.2. The molecule has 1 N–H and O–H groups in total. The van der Waals surface area contributed by atoms with Gasteiger partial charge in [0.15, 0.2) is 17.4 Å². The van der Waals surface area contributed by atoms with Gasteiger partial charge in [-0.05, 0) is 93.5 Å². The summed E-state index contributed by atoms with van der Waals surface area (Å²) in [4.78, 5) is 49.9. The van der Waals surface area contributed by atoms with Gasteiger partial charge in [0.25, 0.3) is 11.5 Å². The fourth-order valence-electron chi connectivity index (χ4n) is 5.57. The second-order valence-corrected chi connectivity index (χ2v) is 12.4. The Morgan fingerprint density at radius 2 is 1.73 bits per heavy atom. The summed E-state index contributed by atoms with van der Waals surface area (Å²) in [5.74, 6) is -1.64. The molecule has 0 spiro atoms. The van der Waals surface area contributed by atoms with Gasteiger partial charge in [0.05, 0.1) is 12.1 Å². The zero-order chi connectivity index (χ0) is 35.1. The third kappa shape index (κ3) is 8.80. The Morgan fingerprint density at radius 3 is 2.47 bits per heavy atom. The number of fused-ring (bicyclic) bond motifs is 1. The molecule has 0 fully saturated rings. The number of nitrogens with zero attached hydrogens (tertiary/aromatic N) is 5. The first-order valence-corrected chi connectivity index (χ1v) is 16.2. The summed E-state index contributed by atoms with van der Waals surface area (Å²) >= 11 is 0. The maximum atomic E-state index is 13.7. The number of Topliss-reactive ketones (excluding diaryl/α,β-unsaturated/α-hetero) is 1. The van der Waals surface area contributed by atoms with Crippen LogP contribution in [0.15, 0.2) is 77.7 Å². The van der Waals surface area contributed by atoms with Gasteiger partial charge in [-0.2, -0.15) is 0 Å². The molecule has 0 aliphatic rings. The highest BCUT2D eigenvalue weighted by Crippen LogP contribution is 2.18. The van der Waals surface area contributed by atoms with Gasteiger partial charge in [-0.3, -0.25) is 19.1 Å². The van der Waals surface area contributed by atoms with E-state index in [1.165, 1.54) is 10.7 Å². The zero-order valence-corrected chi connectivity index (χ0v) is 28.2. The van der Waals surface area contributed by atoms with E-state index in [9.17, 15) is 23.2 Å². The summed E-state index contributed by atoms with van der Waals surface area (Å²) in [7, 11) is 5.67. The van der Waals surface area contributed by atoms with Gasteiger partial charge < -0.3 is 10.2 Å². The number of aromatic nitrogens is 4. The average Bonchev–Trinajstić information content (AvgIpc) is 3.29. The van der Waals surface area contributed by atoms with Crippen molar-refractivity contribution in [3.8, 4) is 0 Å². The molecule has 0 saturated heterocycles. The molecular formula is C38H40F2N6O3. The standard InChI is InChI=1S/C38H40F2N6O3/c1-25-36(38(49)46(45(25)4)24-28-12-16-31(39)32(40)21-28)34(47)9-6-5-8-26-13-17-33-30(20-26)23-42-35(43-33)22-27-10-14-29(15-11-27)37(48)41-18-7-19-44(2)3/h5,8,10-17,20-21,23H,6-7,9,18-19,22,24H2,1-4H3,(H,41,48)/b8-5+. The van der Waals surface area contributed by atoms with Gasteiger partial charge >= 0.3 is 0 Å². The molecule has 0 bridgehead atoms. The summed E-state index contributed by atoms with van der Waals surface area (Å²) in [6, 6.07) is 16.8. The number of nitrogens with one attached hydrogen (secondary N) is 1. The van der Waals surface area contributed by atoms with Crippen LogP contribution in [0.5, 0.6) is 0 Å². The van der Waals surface area contributed by atoms with Crippen LogP contribution in [0.25, 0.3) is 17.0 Å². The first kappa shape index (κ1) is 35.0. The molecule has 0 aliphatic carbocycles. The minimum atomic E-state index is -0.990. The Hall–Kier alpha value is -5.29. The Morgan fingerprint density at radius 1 is 0.980 bits per heavy atom. The number of allylic oxidation sites excluding steroid dienone is 1. The van der Waals surface area contributed by atoms with Gasteiger partial charge in [0, 0.05) is 49.3 Å². The van der Waals surface area contributed by atoms with Crippen molar-refractivity contribution >= 4 is 28.7 Å². The van der Waals surface area contributed by atoms with Crippen LogP contribution >= 0.6 is 0 Å². The molecule has 3 aromatic carbocycles. The maximum absolute atomic E-state index is 13.7. The Bertz CT molecular complexity index is 2060. The van der Waals surface area contributed by atoms with E-state index in [0.717, 1.165) is 47.1 Å². The lowest BCUT2D eigenvalue weighted by molar-refractivity contribution is 0.0950. The van der Waals surface area contributed by atoms with Gasteiger partial charge in [0.1, 0.15) is 11.4 Å². The molecule has 0 saturated carbocycles. The number of hydrogen-bond donors (Lipinski definition) is 1. The van der Waals surface area contributed by atoms with Crippen LogP contribution in [-0.4, -0.2) is 63.1 Å². The van der Waals surface area contributed by atoms with Crippen LogP contribution in [0, 0.1) is 18.6 Å². The normalized spacial score (nSPS) is 11.6. The van der Waals surface area contributed by atoms with Crippen molar-refractivity contribution in [1.29, 1.82) is 0 Å². The molecule has 5 aromatic rings. The molecule has 2 heterocycles. The Labute approximate surface area is 283 Å². The minimum Gasteiger partial charge on any atom is -0.352 e. The summed E-state index contributed by atoms with van der Waals surface area (Å²) in [6.45, 7) is 3.26. The predicted octanol–water partition coefficient (Wildman–Crippen LogP) is 5.71. The van der Waals surface area contributed by atoms with Crippen molar-refractivity contribution in [3.05, 3.63) is 134 Å². The molecule has 0 unspecified atom stereocenters. The zero-order valence-electron chi connectivity index (χ0n) is 28.2. The number of amides is 1. The number of halogens is 2. The summed E-state index contributed by atoms with van der Waals surface area (Å²) in [5.41, 5.74) is 3.94. The molecule has 49 heavy (non-hydrogen) atoms. The first-order valence-electron chi connectivity index (χ1n) is 16.2. The van der Waals surface area contributed by atoms with Crippen molar-refractivity contribution in [3.63, 3.8) is 0 Å². The van der Waals surface area contributed by atoms with Gasteiger partial charge in [0.2, 0.25) is 0 Å². The van der Waals surface area contributed by atoms with E-state index >= 15 is 0 Å². The summed E-state index contributed by atoms with van der Waals surface area (Å²) in [5, 5.41) is 3.83. The highest BCUT2D eigenvalue weighted by Gasteiger charge is 2.21. The van der Waals surface area contributed by atoms with Crippen molar-refractivity contribution in [2.75, 3.05) is 27.2 Å². The maximum Gasteiger partial charge on any atom is 0.278 e. The van der Waals surface area contributed by atoms with Crippen LogP contribution in [0.1, 0.15) is 68.2 Å². The van der Waals surface area contributed by atoms with Crippen molar-refractivity contribution in [2.45, 2.75) is 39.2 Å². The van der Waals surface area contributed by atoms with E-state index in [-0.39, 0.29) is 30.2 Å². The molecule has 11 heteroatoms. The molecule has 2 aromatic heterocycles. The monoisotopic (exact) mass is 666 g/mol. The number of benzene rings is 3. The summed E-state index contributed by atoms with van der Waals surface area (Å²) in [6.07, 6.45) is 7.59. The number of rotatable bonds is 14. The van der Waals surface area contributed by atoms with E-state index in [2.05, 4.69) is 15.2 Å². The van der Waals surface area contributed by atoms with Crippen LogP contribution in [-0.2, 0) is 20.0 Å². The first-order chi connectivity index (χ1) is 23.5. The smallest absolute Gasteiger partial charge is 0.278 e. The predicted molar refractivity (Wildman–Crippen MR) is 187 cm³/mol. The molecule has 0 aliphatic heterocycles. The third-order valence-corrected chi connectivity index (χ3v) is 8.40. The van der Waals surface area contributed by atoms with Crippen LogP contribution in [0.2, 0.25) is 0 Å². The quantitative estimate of drug-likeness (QED) is 0.120. The summed E-state index contributed by atoms with van der Waals surface area (Å²) < 4.78 is 29.9. The third-order valence-electron chi connectivity index (χ3n) is 8.40. The molecule has 5 rings (SSSR count). The molecule has 0 radical (unpaired) electrons. The van der Waals surface area contributed by atoms with Crippen molar-refractivity contribution in [1.82, 2.24) is 29.5 Å². The minimum absolute atomic E-state index is 0.0127. The van der Waals surface area contributed by atoms with E-state index < -0.39 is 17.2 Å². The SMILES string of the molecule is Cc1c(C(=O)CC/C=C/c2ccc3nc(Cc4ccc(C(=O)NCCCN(C)C)cc4)ncc3c2)c(=O)n(Cc2ccc(F)c(F)c2)n1C. The lowest BCUT2D eigenvalue weighted by Gasteiger charge is -2.10. The largest absolute Gasteiger partial charge is 0.352 e. The van der Waals surface area contributed by atoms with E-state index in [0.29, 0.717) is 42.0 Å². The topological polar surface area (TPSA) is 102 Å². The molecule has 1 amide bonds. The van der Waals surface area contributed by atoms with E-state index in [1.54, 1.807) is 24.9 Å².